The third-order valence-corrected chi connectivity index (χ3v) is 3.99. The molecular formula is C17H20N2O3. The molecule has 0 radical (unpaired) electrons. The summed E-state index contributed by atoms with van der Waals surface area (Å²) in [5.74, 6) is 1.50. The van der Waals surface area contributed by atoms with Gasteiger partial charge in [-0.25, -0.2) is 0 Å². The van der Waals surface area contributed by atoms with Crippen molar-refractivity contribution in [2.75, 3.05) is 20.8 Å². The van der Waals surface area contributed by atoms with E-state index >= 15 is 0 Å². The summed E-state index contributed by atoms with van der Waals surface area (Å²) >= 11 is 0. The van der Waals surface area contributed by atoms with Crippen LogP contribution in [0.15, 0.2) is 36.7 Å². The highest BCUT2D eigenvalue weighted by Gasteiger charge is 2.29. The van der Waals surface area contributed by atoms with Gasteiger partial charge in [0.15, 0.2) is 0 Å². The largest absolute Gasteiger partial charge is 0.496 e. The molecule has 1 aliphatic heterocycles. The van der Waals surface area contributed by atoms with Crippen LogP contribution >= 0.6 is 0 Å². The Labute approximate surface area is 130 Å². The lowest BCUT2D eigenvalue weighted by molar-refractivity contribution is 0.0842. The number of rotatable bonds is 4. The van der Waals surface area contributed by atoms with Gasteiger partial charge < -0.3 is 14.6 Å². The van der Waals surface area contributed by atoms with Gasteiger partial charge in [0.1, 0.15) is 11.5 Å². The van der Waals surface area contributed by atoms with Crippen molar-refractivity contribution in [2.45, 2.75) is 19.2 Å². The molecule has 5 heteroatoms. The number of benzene rings is 1. The summed E-state index contributed by atoms with van der Waals surface area (Å²) in [4.78, 5) is 6.33. The average Bonchev–Trinajstić information content (AvgIpc) is 2.54. The minimum Gasteiger partial charge on any atom is -0.496 e. The van der Waals surface area contributed by atoms with E-state index in [0.29, 0.717) is 18.8 Å². The number of pyridine rings is 1. The number of aromatic nitrogens is 1. The quantitative estimate of drug-likeness (QED) is 0.937. The Morgan fingerprint density at radius 2 is 2.00 bits per heavy atom. The maximum Gasteiger partial charge on any atom is 0.125 e. The molecule has 0 amide bonds. The summed E-state index contributed by atoms with van der Waals surface area (Å²) in [6.07, 6.45) is 3.02. The van der Waals surface area contributed by atoms with Gasteiger partial charge in [-0.2, -0.15) is 0 Å². The van der Waals surface area contributed by atoms with Gasteiger partial charge in [-0.15, -0.1) is 0 Å². The van der Waals surface area contributed by atoms with E-state index in [-0.39, 0.29) is 0 Å². The third-order valence-electron chi connectivity index (χ3n) is 3.99. The van der Waals surface area contributed by atoms with Crippen molar-refractivity contribution >= 4 is 0 Å². The van der Waals surface area contributed by atoms with E-state index in [2.05, 4.69) is 9.88 Å². The summed E-state index contributed by atoms with van der Waals surface area (Å²) in [5.41, 5.74) is 2.95. The fourth-order valence-corrected chi connectivity index (χ4v) is 3.02. The third kappa shape index (κ3) is 2.77. The van der Waals surface area contributed by atoms with Crippen LogP contribution in [-0.4, -0.2) is 35.8 Å². The zero-order valence-electron chi connectivity index (χ0n) is 12.8. The Bertz CT molecular complexity index is 646. The minimum absolute atomic E-state index is 0.561. The number of β-amino-alcohol motifs (C(OH)–C–C–N with tert-alkyl or cyclic N) is 1. The van der Waals surface area contributed by atoms with Gasteiger partial charge in [-0.1, -0.05) is 6.07 Å². The maximum absolute atomic E-state index is 10.5. The second kappa shape index (κ2) is 6.34. The van der Waals surface area contributed by atoms with Gasteiger partial charge >= 0.3 is 0 Å². The van der Waals surface area contributed by atoms with Crippen LogP contribution in [0.3, 0.4) is 0 Å². The number of hydrogen-bond donors (Lipinski definition) is 1. The topological polar surface area (TPSA) is 54.8 Å². The first-order valence-corrected chi connectivity index (χ1v) is 7.26. The van der Waals surface area contributed by atoms with Crippen LogP contribution in [0, 0.1) is 0 Å². The molecular weight excluding hydrogens is 280 g/mol. The Hall–Kier alpha value is -2.11. The first-order chi connectivity index (χ1) is 10.7. The van der Waals surface area contributed by atoms with Crippen LogP contribution in [0.4, 0.5) is 0 Å². The number of aliphatic hydroxyl groups excluding tert-OH is 1. The van der Waals surface area contributed by atoms with Crippen LogP contribution in [0.1, 0.15) is 22.8 Å². The fourth-order valence-electron chi connectivity index (χ4n) is 3.02. The van der Waals surface area contributed by atoms with Crippen LogP contribution in [-0.2, 0) is 13.1 Å². The average molecular weight is 300 g/mol. The highest BCUT2D eigenvalue weighted by atomic mass is 16.5. The van der Waals surface area contributed by atoms with Crippen molar-refractivity contribution in [1.29, 1.82) is 0 Å². The van der Waals surface area contributed by atoms with Crippen molar-refractivity contribution in [3.8, 4) is 11.5 Å². The van der Waals surface area contributed by atoms with Gasteiger partial charge in [-0.05, 0) is 23.8 Å². The van der Waals surface area contributed by atoms with E-state index in [0.717, 1.165) is 29.0 Å². The zero-order valence-corrected chi connectivity index (χ0v) is 12.8. The van der Waals surface area contributed by atoms with Crippen molar-refractivity contribution in [2.24, 2.45) is 0 Å². The molecule has 2 aromatic rings. The molecule has 3 rings (SSSR count). The van der Waals surface area contributed by atoms with Gasteiger partial charge in [0.05, 0.1) is 20.3 Å². The number of hydrogen-bond acceptors (Lipinski definition) is 5. The molecule has 5 nitrogen and oxygen atoms in total. The van der Waals surface area contributed by atoms with Crippen molar-refractivity contribution < 1.29 is 14.6 Å². The molecule has 1 aliphatic rings. The summed E-state index contributed by atoms with van der Waals surface area (Å²) in [6.45, 7) is 2.01. The minimum atomic E-state index is -0.592. The molecule has 2 heterocycles. The molecule has 0 spiro atoms. The molecule has 1 unspecified atom stereocenters. The molecule has 1 N–H and O–H groups in total. The summed E-state index contributed by atoms with van der Waals surface area (Å²) in [7, 11) is 3.27. The van der Waals surface area contributed by atoms with E-state index in [1.807, 2.05) is 30.5 Å². The molecule has 1 aromatic carbocycles. The van der Waals surface area contributed by atoms with E-state index in [9.17, 15) is 5.11 Å². The lowest BCUT2D eigenvalue weighted by Gasteiger charge is -2.33. The number of aliphatic hydroxyl groups is 1. The number of fused-ring (bicyclic) bond motifs is 1. The fraction of sp³-hybridized carbons (Fsp3) is 0.353. The first-order valence-electron chi connectivity index (χ1n) is 7.26. The highest BCUT2D eigenvalue weighted by molar-refractivity contribution is 5.51. The number of nitrogens with zero attached hydrogens (tertiary/aromatic N) is 2. The molecule has 1 aromatic heterocycles. The van der Waals surface area contributed by atoms with Crippen LogP contribution in [0.5, 0.6) is 11.5 Å². The number of ether oxygens (including phenoxy) is 2. The highest BCUT2D eigenvalue weighted by Crippen LogP contribution is 2.39. The molecule has 22 heavy (non-hydrogen) atoms. The van der Waals surface area contributed by atoms with E-state index in [1.54, 1.807) is 20.4 Å². The Balaban J connectivity index is 1.91. The van der Waals surface area contributed by atoms with Gasteiger partial charge in [0.2, 0.25) is 0 Å². The molecule has 0 saturated carbocycles. The molecule has 0 fully saturated rings. The van der Waals surface area contributed by atoms with E-state index in [4.69, 9.17) is 9.47 Å². The normalized spacial score (nSPS) is 17.9. The maximum atomic E-state index is 10.5. The standard InChI is InChI=1S/C17H20N2O3/c1-21-15-5-6-16(22-2)17-13(15)10-19(11-14(17)20)9-12-4-3-7-18-8-12/h3-8,14,20H,9-11H2,1-2H3. The lowest BCUT2D eigenvalue weighted by Crippen LogP contribution is -2.33. The van der Waals surface area contributed by atoms with Crippen LogP contribution in [0.25, 0.3) is 0 Å². The predicted molar refractivity (Wildman–Crippen MR) is 82.9 cm³/mol. The van der Waals surface area contributed by atoms with Gasteiger partial charge in [-0.3, -0.25) is 9.88 Å². The van der Waals surface area contributed by atoms with E-state index < -0.39 is 6.10 Å². The second-order valence-electron chi connectivity index (χ2n) is 5.41. The molecule has 1 atom stereocenters. The number of methoxy groups -OCH3 is 2. The van der Waals surface area contributed by atoms with Gasteiger partial charge in [0.25, 0.3) is 0 Å². The van der Waals surface area contributed by atoms with Gasteiger partial charge in [0, 0.05) is 43.2 Å². The Morgan fingerprint density at radius 3 is 2.68 bits per heavy atom. The second-order valence-corrected chi connectivity index (χ2v) is 5.41. The molecule has 116 valence electrons. The Kier molecular flexibility index (Phi) is 4.27. The van der Waals surface area contributed by atoms with Crippen molar-refractivity contribution in [3.05, 3.63) is 53.3 Å². The van der Waals surface area contributed by atoms with E-state index in [1.165, 1.54) is 0 Å². The predicted octanol–water partition coefficient (Wildman–Crippen LogP) is 2.15. The van der Waals surface area contributed by atoms with Crippen molar-refractivity contribution in [1.82, 2.24) is 9.88 Å². The summed E-state index contributed by atoms with van der Waals surface area (Å²) in [5, 5.41) is 10.5. The lowest BCUT2D eigenvalue weighted by atomic mass is 9.95. The SMILES string of the molecule is COc1ccc(OC)c2c1CN(Cc1cccnc1)CC2O. The van der Waals surface area contributed by atoms with Crippen LogP contribution < -0.4 is 9.47 Å². The molecule has 0 bridgehead atoms. The molecule has 0 saturated heterocycles. The zero-order chi connectivity index (χ0) is 15.5. The first kappa shape index (κ1) is 14.8. The molecule has 0 aliphatic carbocycles. The monoisotopic (exact) mass is 300 g/mol. The summed E-state index contributed by atoms with van der Waals surface area (Å²) < 4.78 is 10.8. The summed E-state index contributed by atoms with van der Waals surface area (Å²) in [6, 6.07) is 7.70. The van der Waals surface area contributed by atoms with Crippen molar-refractivity contribution in [3.63, 3.8) is 0 Å². The smallest absolute Gasteiger partial charge is 0.125 e. The van der Waals surface area contributed by atoms with Crippen LogP contribution in [0.2, 0.25) is 0 Å². The Morgan fingerprint density at radius 1 is 1.23 bits per heavy atom.